The van der Waals surface area contributed by atoms with Crippen molar-refractivity contribution in [3.8, 4) is 0 Å². The molecule has 1 fully saturated rings. The Kier molecular flexibility index (Phi) is 3.54. The Hall–Kier alpha value is -1.38. The Morgan fingerprint density at radius 3 is 2.58 bits per heavy atom. The van der Waals surface area contributed by atoms with Gasteiger partial charge in [0.1, 0.15) is 0 Å². The average molecular weight is 274 g/mol. The molecule has 1 atom stereocenters. The molecule has 3 rings (SSSR count). The molecule has 0 saturated heterocycles. The number of halogens is 1. The second kappa shape index (κ2) is 5.32. The van der Waals surface area contributed by atoms with Crippen LogP contribution < -0.4 is 0 Å². The first-order valence-corrected chi connectivity index (χ1v) is 6.98. The minimum Gasteiger partial charge on any atom is -0.388 e. The third-order valence-electron chi connectivity index (χ3n) is 3.64. The van der Waals surface area contributed by atoms with Crippen LogP contribution in [-0.2, 0) is 6.42 Å². The number of benzene rings is 1. The van der Waals surface area contributed by atoms with Gasteiger partial charge in [0.25, 0.3) is 0 Å². The molecule has 0 aliphatic heterocycles. The van der Waals surface area contributed by atoms with E-state index in [1.807, 2.05) is 18.2 Å². The topological polar surface area (TPSA) is 33.1 Å². The van der Waals surface area contributed by atoms with Gasteiger partial charge in [-0.25, -0.2) is 0 Å². The van der Waals surface area contributed by atoms with Crippen molar-refractivity contribution in [1.29, 1.82) is 0 Å². The Bertz CT molecular complexity index is 563. The van der Waals surface area contributed by atoms with Crippen LogP contribution in [0.5, 0.6) is 0 Å². The number of pyridine rings is 1. The smallest absolute Gasteiger partial charge is 0.0830 e. The van der Waals surface area contributed by atoms with E-state index < -0.39 is 6.10 Å². The van der Waals surface area contributed by atoms with Gasteiger partial charge in [-0.1, -0.05) is 35.9 Å². The normalized spacial score (nSPS) is 16.3. The molecule has 0 radical (unpaired) electrons. The lowest BCUT2D eigenvalue weighted by Gasteiger charge is -2.12. The first kappa shape index (κ1) is 12.6. The van der Waals surface area contributed by atoms with Crippen LogP contribution in [0, 0.1) is 0 Å². The van der Waals surface area contributed by atoms with E-state index in [2.05, 4.69) is 17.1 Å². The molecule has 0 amide bonds. The molecule has 1 heterocycles. The number of hydrogen-bond donors (Lipinski definition) is 1. The summed E-state index contributed by atoms with van der Waals surface area (Å²) in [4.78, 5) is 3.95. The van der Waals surface area contributed by atoms with Gasteiger partial charge in [-0.3, -0.25) is 4.98 Å². The molecule has 2 nitrogen and oxygen atoms in total. The van der Waals surface area contributed by atoms with Crippen LogP contribution in [0.25, 0.3) is 0 Å². The van der Waals surface area contributed by atoms with Crippen LogP contribution in [0.2, 0.25) is 5.02 Å². The number of aromatic nitrogens is 1. The maximum Gasteiger partial charge on any atom is 0.0830 e. The van der Waals surface area contributed by atoms with Crippen molar-refractivity contribution in [1.82, 2.24) is 4.98 Å². The van der Waals surface area contributed by atoms with Gasteiger partial charge in [-0.15, -0.1) is 0 Å². The molecule has 1 aromatic carbocycles. The lowest BCUT2D eigenvalue weighted by Crippen LogP contribution is -2.02. The van der Waals surface area contributed by atoms with E-state index in [9.17, 15) is 5.11 Å². The summed E-state index contributed by atoms with van der Waals surface area (Å²) >= 11 is 6.06. The van der Waals surface area contributed by atoms with Gasteiger partial charge in [-0.05, 0) is 41.5 Å². The van der Waals surface area contributed by atoms with Crippen molar-refractivity contribution in [2.75, 3.05) is 0 Å². The maximum absolute atomic E-state index is 10.3. The van der Waals surface area contributed by atoms with Gasteiger partial charge in [0.05, 0.1) is 11.1 Å². The number of nitrogens with zero attached hydrogens (tertiary/aromatic N) is 1. The standard InChI is InChI=1S/C16H16ClNO/c17-15-10-18-8-7-14(15)9-16(19)13-5-3-12(4-6-13)11-1-2-11/h3-8,10-11,16,19H,1-2,9H2. The molecule has 19 heavy (non-hydrogen) atoms. The molecular weight excluding hydrogens is 258 g/mol. The Morgan fingerprint density at radius 1 is 1.21 bits per heavy atom. The fraction of sp³-hybridized carbons (Fsp3) is 0.312. The summed E-state index contributed by atoms with van der Waals surface area (Å²) in [6.45, 7) is 0. The molecule has 1 aromatic heterocycles. The van der Waals surface area contributed by atoms with Crippen molar-refractivity contribution in [2.24, 2.45) is 0 Å². The summed E-state index contributed by atoms with van der Waals surface area (Å²) in [6, 6.07) is 10.2. The Balaban J connectivity index is 1.72. The minimum absolute atomic E-state index is 0.518. The van der Waals surface area contributed by atoms with Crippen molar-refractivity contribution in [3.05, 3.63) is 64.4 Å². The summed E-state index contributed by atoms with van der Waals surface area (Å²) in [5.41, 5.74) is 3.26. The SMILES string of the molecule is OC(Cc1ccncc1Cl)c1ccc(C2CC2)cc1. The molecule has 0 spiro atoms. The molecule has 1 aliphatic carbocycles. The quantitative estimate of drug-likeness (QED) is 0.917. The van der Waals surface area contributed by atoms with E-state index in [0.717, 1.165) is 17.0 Å². The van der Waals surface area contributed by atoms with Gasteiger partial charge in [0, 0.05) is 18.8 Å². The van der Waals surface area contributed by atoms with Gasteiger partial charge >= 0.3 is 0 Å². The second-order valence-corrected chi connectivity index (χ2v) is 5.54. The third-order valence-corrected chi connectivity index (χ3v) is 3.98. The monoisotopic (exact) mass is 273 g/mol. The molecule has 3 heteroatoms. The van der Waals surface area contributed by atoms with E-state index in [1.54, 1.807) is 12.4 Å². The van der Waals surface area contributed by atoms with Crippen molar-refractivity contribution >= 4 is 11.6 Å². The zero-order valence-electron chi connectivity index (χ0n) is 10.6. The van der Waals surface area contributed by atoms with Gasteiger partial charge in [0.2, 0.25) is 0 Å². The molecule has 1 N–H and O–H groups in total. The Morgan fingerprint density at radius 2 is 1.95 bits per heavy atom. The first-order chi connectivity index (χ1) is 9.24. The maximum atomic E-state index is 10.3. The predicted molar refractivity (Wildman–Crippen MR) is 76.3 cm³/mol. The van der Waals surface area contributed by atoms with Crippen molar-refractivity contribution in [2.45, 2.75) is 31.3 Å². The largest absolute Gasteiger partial charge is 0.388 e. The molecule has 98 valence electrons. The zero-order valence-corrected chi connectivity index (χ0v) is 11.3. The van der Waals surface area contributed by atoms with Gasteiger partial charge in [0.15, 0.2) is 0 Å². The second-order valence-electron chi connectivity index (χ2n) is 5.13. The highest BCUT2D eigenvalue weighted by molar-refractivity contribution is 6.31. The van der Waals surface area contributed by atoms with Crippen LogP contribution in [0.15, 0.2) is 42.7 Å². The highest BCUT2D eigenvalue weighted by Gasteiger charge is 2.23. The summed E-state index contributed by atoms with van der Waals surface area (Å²) in [5, 5.41) is 10.9. The van der Waals surface area contributed by atoms with E-state index in [1.165, 1.54) is 18.4 Å². The van der Waals surface area contributed by atoms with Crippen LogP contribution in [0.1, 0.15) is 41.6 Å². The molecule has 1 unspecified atom stereocenters. The van der Waals surface area contributed by atoms with E-state index in [4.69, 9.17) is 11.6 Å². The highest BCUT2D eigenvalue weighted by atomic mass is 35.5. The van der Waals surface area contributed by atoms with E-state index in [-0.39, 0.29) is 0 Å². The van der Waals surface area contributed by atoms with Crippen LogP contribution in [-0.4, -0.2) is 10.1 Å². The molecule has 2 aromatic rings. The minimum atomic E-state index is -0.520. The number of hydrogen-bond acceptors (Lipinski definition) is 2. The van der Waals surface area contributed by atoms with Crippen LogP contribution in [0.4, 0.5) is 0 Å². The molecule has 0 bridgehead atoms. The highest BCUT2D eigenvalue weighted by Crippen LogP contribution is 2.40. The molecular formula is C16H16ClNO. The summed E-state index contributed by atoms with van der Waals surface area (Å²) < 4.78 is 0. The molecule has 1 saturated carbocycles. The summed E-state index contributed by atoms with van der Waals surface area (Å²) in [5.74, 6) is 0.751. The number of rotatable bonds is 4. The summed E-state index contributed by atoms with van der Waals surface area (Å²) in [7, 11) is 0. The summed E-state index contributed by atoms with van der Waals surface area (Å²) in [6.07, 6.45) is 5.91. The van der Waals surface area contributed by atoms with Crippen molar-refractivity contribution in [3.63, 3.8) is 0 Å². The van der Waals surface area contributed by atoms with Crippen molar-refractivity contribution < 1.29 is 5.11 Å². The van der Waals surface area contributed by atoms with Crippen LogP contribution in [0.3, 0.4) is 0 Å². The fourth-order valence-corrected chi connectivity index (χ4v) is 2.50. The lowest BCUT2D eigenvalue weighted by molar-refractivity contribution is 0.178. The average Bonchev–Trinajstić information content (AvgIpc) is 3.26. The zero-order chi connectivity index (χ0) is 13.2. The Labute approximate surface area is 118 Å². The first-order valence-electron chi connectivity index (χ1n) is 6.60. The predicted octanol–water partition coefficient (Wildman–Crippen LogP) is 3.89. The lowest BCUT2D eigenvalue weighted by atomic mass is 10.00. The van der Waals surface area contributed by atoms with E-state index >= 15 is 0 Å². The van der Waals surface area contributed by atoms with E-state index in [0.29, 0.717) is 11.4 Å². The fourth-order valence-electron chi connectivity index (χ4n) is 2.30. The number of aliphatic hydroxyl groups excluding tert-OH is 1. The van der Waals surface area contributed by atoms with Crippen LogP contribution >= 0.6 is 11.6 Å². The van der Waals surface area contributed by atoms with Gasteiger partial charge < -0.3 is 5.11 Å². The van der Waals surface area contributed by atoms with Gasteiger partial charge in [-0.2, -0.15) is 0 Å². The molecule has 1 aliphatic rings. The number of aliphatic hydroxyl groups is 1. The third kappa shape index (κ3) is 2.96.